The highest BCUT2D eigenvalue weighted by Crippen LogP contribution is 2.34. The third-order valence-electron chi connectivity index (χ3n) is 3.80. The van der Waals surface area contributed by atoms with Gasteiger partial charge < -0.3 is 14.5 Å². The van der Waals surface area contributed by atoms with Crippen molar-refractivity contribution in [3.8, 4) is 5.75 Å². The summed E-state index contributed by atoms with van der Waals surface area (Å²) in [6.45, 7) is 4.08. The topological polar surface area (TPSA) is 77.2 Å². The van der Waals surface area contributed by atoms with Crippen LogP contribution in [0.2, 0.25) is 15.1 Å². The van der Waals surface area contributed by atoms with Gasteiger partial charge in [0.25, 0.3) is 11.1 Å². The number of nitrogens with zero attached hydrogens (tertiary/aromatic N) is 2. The number of hydrogen-bond donors (Lipinski definition) is 1. The van der Waals surface area contributed by atoms with E-state index in [-0.39, 0.29) is 33.5 Å². The van der Waals surface area contributed by atoms with E-state index in [0.717, 1.165) is 28.6 Å². The Balaban J connectivity index is 1.53. The van der Waals surface area contributed by atoms with Crippen molar-refractivity contribution in [1.82, 2.24) is 10.2 Å². The molecular formula is C19H16Cl3N3O3S. The molecule has 0 atom stereocenters. The molecule has 2 aromatic carbocycles. The third-order valence-corrected chi connectivity index (χ3v) is 5.43. The molecule has 0 unspecified atom stereocenters. The molecule has 0 spiro atoms. The Bertz CT molecular complexity index is 999. The number of ether oxygens (including phenoxy) is 1. The molecule has 152 valence electrons. The maximum atomic E-state index is 12.2. The van der Waals surface area contributed by atoms with Crippen molar-refractivity contribution in [2.75, 3.05) is 11.1 Å². The molecule has 0 aliphatic carbocycles. The minimum atomic E-state index is -0.326. The molecule has 3 aromatic rings. The van der Waals surface area contributed by atoms with E-state index in [1.165, 1.54) is 12.1 Å². The minimum absolute atomic E-state index is 0.0364. The number of thioether (sulfide) groups is 1. The zero-order valence-corrected chi connectivity index (χ0v) is 18.5. The fraction of sp³-hybridized carbons (Fsp3) is 0.211. The van der Waals surface area contributed by atoms with Gasteiger partial charge >= 0.3 is 0 Å². The van der Waals surface area contributed by atoms with Crippen molar-refractivity contribution in [3.05, 3.63) is 62.4 Å². The van der Waals surface area contributed by atoms with E-state index in [1.54, 1.807) is 0 Å². The Morgan fingerprint density at radius 3 is 2.45 bits per heavy atom. The first kappa shape index (κ1) is 21.8. The van der Waals surface area contributed by atoms with Gasteiger partial charge in [-0.1, -0.05) is 64.8 Å². The van der Waals surface area contributed by atoms with Crippen molar-refractivity contribution in [1.29, 1.82) is 0 Å². The standard InChI is InChI=1S/C19H16Cl3N3O3S/c1-10-4-3-5-11(2)18(10)27-8-16-24-25-19(28-16)29-9-15(26)23-17-13(21)6-12(20)7-14(17)22/h3-7H,8-9H2,1-2H3,(H,23,26). The van der Waals surface area contributed by atoms with E-state index < -0.39 is 0 Å². The summed E-state index contributed by atoms with van der Waals surface area (Å²) in [6, 6.07) is 8.90. The van der Waals surface area contributed by atoms with E-state index in [9.17, 15) is 4.79 Å². The molecule has 29 heavy (non-hydrogen) atoms. The summed E-state index contributed by atoms with van der Waals surface area (Å²) in [5.41, 5.74) is 2.35. The second-order valence-corrected chi connectivity index (χ2v) is 8.23. The molecule has 0 aliphatic rings. The van der Waals surface area contributed by atoms with Crippen LogP contribution in [0, 0.1) is 13.8 Å². The summed E-state index contributed by atoms with van der Waals surface area (Å²) in [6.07, 6.45) is 0. The van der Waals surface area contributed by atoms with Crippen molar-refractivity contribution in [2.45, 2.75) is 25.7 Å². The molecule has 6 nitrogen and oxygen atoms in total. The summed E-state index contributed by atoms with van der Waals surface area (Å²) in [4.78, 5) is 12.2. The third kappa shape index (κ3) is 5.79. The summed E-state index contributed by atoms with van der Waals surface area (Å²) in [7, 11) is 0. The number of carbonyl (C=O) groups excluding carboxylic acids is 1. The highest BCUT2D eigenvalue weighted by molar-refractivity contribution is 7.99. The first-order valence-electron chi connectivity index (χ1n) is 8.42. The average Bonchev–Trinajstić information content (AvgIpc) is 3.10. The van der Waals surface area contributed by atoms with Crippen molar-refractivity contribution >= 4 is 58.2 Å². The van der Waals surface area contributed by atoms with Crippen LogP contribution in [0.15, 0.2) is 40.0 Å². The molecule has 10 heteroatoms. The number of carbonyl (C=O) groups is 1. The smallest absolute Gasteiger partial charge is 0.277 e. The van der Waals surface area contributed by atoms with Gasteiger partial charge in [-0.3, -0.25) is 4.79 Å². The number of halogens is 3. The molecule has 0 saturated heterocycles. The van der Waals surface area contributed by atoms with Crippen LogP contribution in [-0.4, -0.2) is 21.9 Å². The molecule has 0 radical (unpaired) electrons. The van der Waals surface area contributed by atoms with Gasteiger partial charge in [0.15, 0.2) is 6.61 Å². The molecule has 0 aliphatic heterocycles. The number of rotatable bonds is 7. The number of aromatic nitrogens is 2. The van der Waals surface area contributed by atoms with Crippen molar-refractivity contribution < 1.29 is 13.9 Å². The highest BCUT2D eigenvalue weighted by atomic mass is 35.5. The molecule has 1 N–H and O–H groups in total. The first-order chi connectivity index (χ1) is 13.8. The second kappa shape index (κ2) is 9.71. The van der Waals surface area contributed by atoms with Crippen LogP contribution in [0.5, 0.6) is 5.75 Å². The quantitative estimate of drug-likeness (QED) is 0.428. The predicted molar refractivity (Wildman–Crippen MR) is 115 cm³/mol. The molecule has 3 rings (SSSR count). The fourth-order valence-corrected chi connectivity index (χ4v) is 3.97. The number of anilines is 1. The molecule has 0 saturated carbocycles. The summed E-state index contributed by atoms with van der Waals surface area (Å²) < 4.78 is 11.3. The Kier molecular flexibility index (Phi) is 7.29. The zero-order valence-electron chi connectivity index (χ0n) is 15.5. The van der Waals surface area contributed by atoms with Crippen LogP contribution < -0.4 is 10.1 Å². The number of amides is 1. The summed E-state index contributed by atoms with van der Waals surface area (Å²) in [5.74, 6) is 0.817. The average molecular weight is 473 g/mol. The van der Waals surface area contributed by atoms with Crippen LogP contribution in [0.25, 0.3) is 0 Å². The lowest BCUT2D eigenvalue weighted by molar-refractivity contribution is -0.113. The molecule has 0 fully saturated rings. The Morgan fingerprint density at radius 2 is 1.79 bits per heavy atom. The molecule has 1 amide bonds. The van der Waals surface area contributed by atoms with Gasteiger partial charge in [-0.25, -0.2) is 0 Å². The summed E-state index contributed by atoms with van der Waals surface area (Å²) in [5, 5.41) is 11.6. The maximum Gasteiger partial charge on any atom is 0.277 e. The van der Waals surface area contributed by atoms with Gasteiger partial charge in [-0.15, -0.1) is 10.2 Å². The van der Waals surface area contributed by atoms with Crippen LogP contribution in [0.4, 0.5) is 5.69 Å². The van der Waals surface area contributed by atoms with Crippen LogP contribution >= 0.6 is 46.6 Å². The predicted octanol–water partition coefficient (Wildman–Crippen LogP) is 5.96. The van der Waals surface area contributed by atoms with Gasteiger partial charge in [0.2, 0.25) is 5.91 Å². The number of hydrogen-bond acceptors (Lipinski definition) is 6. The zero-order chi connectivity index (χ0) is 21.0. The van der Waals surface area contributed by atoms with Gasteiger partial charge in [-0.05, 0) is 37.1 Å². The van der Waals surface area contributed by atoms with Crippen molar-refractivity contribution in [3.63, 3.8) is 0 Å². The Labute approximate surface area is 186 Å². The van der Waals surface area contributed by atoms with E-state index >= 15 is 0 Å². The fourth-order valence-electron chi connectivity index (χ4n) is 2.48. The van der Waals surface area contributed by atoms with Crippen LogP contribution in [-0.2, 0) is 11.4 Å². The van der Waals surface area contributed by atoms with Crippen LogP contribution in [0.1, 0.15) is 17.0 Å². The maximum absolute atomic E-state index is 12.2. The second-order valence-electron chi connectivity index (χ2n) is 6.05. The lowest BCUT2D eigenvalue weighted by Gasteiger charge is -2.09. The Morgan fingerprint density at radius 1 is 1.14 bits per heavy atom. The largest absolute Gasteiger partial charge is 0.483 e. The Hall–Kier alpha value is -1.93. The number of aryl methyl sites for hydroxylation is 2. The number of para-hydroxylation sites is 1. The van der Waals surface area contributed by atoms with Crippen LogP contribution in [0.3, 0.4) is 0 Å². The molecular weight excluding hydrogens is 457 g/mol. The molecule has 0 bridgehead atoms. The van der Waals surface area contributed by atoms with Crippen molar-refractivity contribution in [2.24, 2.45) is 0 Å². The highest BCUT2D eigenvalue weighted by Gasteiger charge is 2.14. The number of nitrogens with one attached hydrogen (secondary N) is 1. The normalized spacial score (nSPS) is 10.8. The van der Waals surface area contributed by atoms with E-state index in [4.69, 9.17) is 44.0 Å². The van der Waals surface area contributed by atoms with Gasteiger partial charge in [0.1, 0.15) is 5.75 Å². The van der Waals surface area contributed by atoms with Gasteiger partial charge in [-0.2, -0.15) is 0 Å². The van der Waals surface area contributed by atoms with Gasteiger partial charge in [0, 0.05) is 5.02 Å². The van der Waals surface area contributed by atoms with E-state index in [2.05, 4.69) is 15.5 Å². The van der Waals surface area contributed by atoms with Gasteiger partial charge in [0.05, 0.1) is 21.5 Å². The first-order valence-corrected chi connectivity index (χ1v) is 10.5. The molecule has 1 aromatic heterocycles. The minimum Gasteiger partial charge on any atom is -0.483 e. The van der Waals surface area contributed by atoms with E-state index in [1.807, 2.05) is 32.0 Å². The lowest BCUT2D eigenvalue weighted by Crippen LogP contribution is -2.14. The number of benzene rings is 2. The monoisotopic (exact) mass is 471 g/mol. The summed E-state index contributed by atoms with van der Waals surface area (Å²) >= 11 is 19.1. The van der Waals surface area contributed by atoms with E-state index in [0.29, 0.717) is 16.6 Å². The SMILES string of the molecule is Cc1cccc(C)c1OCc1nnc(SCC(=O)Nc2c(Cl)cc(Cl)cc2Cl)o1. The molecule has 1 heterocycles. The lowest BCUT2D eigenvalue weighted by atomic mass is 10.1.